The minimum absolute atomic E-state index is 0.0159. The molecule has 0 aromatic heterocycles. The van der Waals surface area contributed by atoms with Gasteiger partial charge >= 0.3 is 6.03 Å². The topological polar surface area (TPSA) is 41.6 Å². The SMILES string of the molecule is Cc1cccc(CNC(=O)N2CCOC(C)(C)C2)c1. The van der Waals surface area contributed by atoms with E-state index < -0.39 is 0 Å². The van der Waals surface area contributed by atoms with E-state index >= 15 is 0 Å². The van der Waals surface area contributed by atoms with Crippen LogP contribution in [0.25, 0.3) is 0 Å². The number of hydrogen-bond donors (Lipinski definition) is 1. The van der Waals surface area contributed by atoms with Crippen molar-refractivity contribution in [3.05, 3.63) is 35.4 Å². The Labute approximate surface area is 114 Å². The van der Waals surface area contributed by atoms with Crippen LogP contribution >= 0.6 is 0 Å². The van der Waals surface area contributed by atoms with Crippen molar-refractivity contribution < 1.29 is 9.53 Å². The first-order chi connectivity index (χ1) is 8.96. The van der Waals surface area contributed by atoms with Gasteiger partial charge in [0.25, 0.3) is 0 Å². The Morgan fingerprint density at radius 2 is 2.26 bits per heavy atom. The van der Waals surface area contributed by atoms with Crippen molar-refractivity contribution in [3.8, 4) is 0 Å². The number of hydrogen-bond acceptors (Lipinski definition) is 2. The van der Waals surface area contributed by atoms with Crippen LogP contribution in [0.3, 0.4) is 0 Å². The Bertz CT molecular complexity index is 457. The number of nitrogens with one attached hydrogen (secondary N) is 1. The van der Waals surface area contributed by atoms with Crippen LogP contribution < -0.4 is 5.32 Å². The summed E-state index contributed by atoms with van der Waals surface area (Å²) >= 11 is 0. The summed E-state index contributed by atoms with van der Waals surface area (Å²) in [6, 6.07) is 8.16. The number of urea groups is 1. The summed E-state index contributed by atoms with van der Waals surface area (Å²) in [6.45, 7) is 8.52. The molecule has 1 fully saturated rings. The van der Waals surface area contributed by atoms with Crippen molar-refractivity contribution in [2.75, 3.05) is 19.7 Å². The molecule has 1 aliphatic rings. The van der Waals surface area contributed by atoms with Crippen LogP contribution in [-0.4, -0.2) is 36.2 Å². The molecule has 0 atom stereocenters. The fraction of sp³-hybridized carbons (Fsp3) is 0.533. The van der Waals surface area contributed by atoms with Gasteiger partial charge in [-0.2, -0.15) is 0 Å². The molecular formula is C15H22N2O2. The van der Waals surface area contributed by atoms with Crippen LogP contribution in [0.1, 0.15) is 25.0 Å². The van der Waals surface area contributed by atoms with Gasteiger partial charge in [0.05, 0.1) is 18.8 Å². The highest BCUT2D eigenvalue weighted by Crippen LogP contribution is 2.16. The maximum Gasteiger partial charge on any atom is 0.317 e. The second kappa shape index (κ2) is 5.61. The first-order valence-corrected chi connectivity index (χ1v) is 6.69. The molecule has 1 saturated heterocycles. The average molecular weight is 262 g/mol. The van der Waals surface area contributed by atoms with E-state index in [9.17, 15) is 4.79 Å². The van der Waals surface area contributed by atoms with Gasteiger partial charge < -0.3 is 15.0 Å². The van der Waals surface area contributed by atoms with Crippen molar-refractivity contribution in [1.82, 2.24) is 10.2 Å². The van der Waals surface area contributed by atoms with E-state index in [0.717, 1.165) is 5.56 Å². The minimum atomic E-state index is -0.251. The predicted molar refractivity (Wildman–Crippen MR) is 75.0 cm³/mol. The molecule has 1 aliphatic heterocycles. The van der Waals surface area contributed by atoms with Gasteiger partial charge in [-0.15, -0.1) is 0 Å². The zero-order valence-electron chi connectivity index (χ0n) is 11.9. The summed E-state index contributed by atoms with van der Waals surface area (Å²) in [5.74, 6) is 0. The standard InChI is InChI=1S/C15H22N2O2/c1-12-5-4-6-13(9-12)10-16-14(18)17-7-8-19-15(2,3)11-17/h4-6,9H,7-8,10-11H2,1-3H3,(H,16,18). The molecule has 2 rings (SSSR count). The molecule has 1 N–H and O–H groups in total. The van der Waals surface area contributed by atoms with Gasteiger partial charge in [0.1, 0.15) is 0 Å². The molecule has 1 heterocycles. The van der Waals surface area contributed by atoms with Gasteiger partial charge in [-0.3, -0.25) is 0 Å². The molecular weight excluding hydrogens is 240 g/mol. The highest BCUT2D eigenvalue weighted by molar-refractivity contribution is 5.74. The number of amides is 2. The van der Waals surface area contributed by atoms with E-state index in [4.69, 9.17) is 4.74 Å². The molecule has 0 spiro atoms. The predicted octanol–water partition coefficient (Wildman–Crippen LogP) is 2.32. The number of carbonyl (C=O) groups is 1. The van der Waals surface area contributed by atoms with Crippen LogP contribution in [0, 0.1) is 6.92 Å². The average Bonchev–Trinajstić information content (AvgIpc) is 2.35. The lowest BCUT2D eigenvalue weighted by molar-refractivity contribution is -0.0733. The maximum atomic E-state index is 12.1. The smallest absolute Gasteiger partial charge is 0.317 e. The van der Waals surface area contributed by atoms with Crippen molar-refractivity contribution in [1.29, 1.82) is 0 Å². The Morgan fingerprint density at radius 1 is 1.47 bits per heavy atom. The Balaban J connectivity index is 1.87. The number of benzene rings is 1. The van der Waals surface area contributed by atoms with E-state index in [0.29, 0.717) is 26.2 Å². The molecule has 0 saturated carbocycles. The molecule has 1 aromatic rings. The monoisotopic (exact) mass is 262 g/mol. The van der Waals surface area contributed by atoms with E-state index in [1.807, 2.05) is 30.9 Å². The minimum Gasteiger partial charge on any atom is -0.372 e. The summed E-state index contributed by atoms with van der Waals surface area (Å²) < 4.78 is 5.60. The lowest BCUT2D eigenvalue weighted by atomic mass is 10.1. The van der Waals surface area contributed by atoms with Crippen LogP contribution in [0.5, 0.6) is 0 Å². The summed E-state index contributed by atoms with van der Waals surface area (Å²) in [4.78, 5) is 13.9. The van der Waals surface area contributed by atoms with Crippen LogP contribution in [-0.2, 0) is 11.3 Å². The summed E-state index contributed by atoms with van der Waals surface area (Å²) in [7, 11) is 0. The maximum absolute atomic E-state index is 12.1. The van der Waals surface area contributed by atoms with Crippen LogP contribution in [0.4, 0.5) is 4.79 Å². The number of carbonyl (C=O) groups excluding carboxylic acids is 1. The largest absolute Gasteiger partial charge is 0.372 e. The van der Waals surface area contributed by atoms with Crippen LogP contribution in [0.2, 0.25) is 0 Å². The van der Waals surface area contributed by atoms with E-state index in [1.165, 1.54) is 5.56 Å². The molecule has 0 radical (unpaired) electrons. The zero-order chi connectivity index (χ0) is 13.9. The lowest BCUT2D eigenvalue weighted by Crippen LogP contribution is -2.53. The first-order valence-electron chi connectivity index (χ1n) is 6.69. The van der Waals surface area contributed by atoms with E-state index in [2.05, 4.69) is 24.4 Å². The molecule has 0 bridgehead atoms. The summed E-state index contributed by atoms with van der Waals surface area (Å²) in [6.07, 6.45) is 0. The van der Waals surface area contributed by atoms with Crippen molar-refractivity contribution >= 4 is 6.03 Å². The molecule has 2 amide bonds. The lowest BCUT2D eigenvalue weighted by Gasteiger charge is -2.38. The van der Waals surface area contributed by atoms with Gasteiger partial charge in [0, 0.05) is 13.1 Å². The summed E-state index contributed by atoms with van der Waals surface area (Å²) in [5, 5.41) is 2.97. The molecule has 19 heavy (non-hydrogen) atoms. The van der Waals surface area contributed by atoms with Gasteiger partial charge in [0.2, 0.25) is 0 Å². The van der Waals surface area contributed by atoms with E-state index in [-0.39, 0.29) is 11.6 Å². The molecule has 4 nitrogen and oxygen atoms in total. The number of ether oxygens (including phenoxy) is 1. The number of nitrogens with zero attached hydrogens (tertiary/aromatic N) is 1. The second-order valence-electron chi connectivity index (χ2n) is 5.68. The van der Waals surface area contributed by atoms with Crippen molar-refractivity contribution in [3.63, 3.8) is 0 Å². The Kier molecular flexibility index (Phi) is 4.10. The third-order valence-corrected chi connectivity index (χ3v) is 3.24. The second-order valence-corrected chi connectivity index (χ2v) is 5.68. The summed E-state index contributed by atoms with van der Waals surface area (Å²) in [5.41, 5.74) is 2.08. The van der Waals surface area contributed by atoms with Crippen molar-refractivity contribution in [2.24, 2.45) is 0 Å². The van der Waals surface area contributed by atoms with Gasteiger partial charge in [0.15, 0.2) is 0 Å². The van der Waals surface area contributed by atoms with Gasteiger partial charge in [-0.25, -0.2) is 4.79 Å². The third kappa shape index (κ3) is 3.96. The van der Waals surface area contributed by atoms with Crippen LogP contribution in [0.15, 0.2) is 24.3 Å². The van der Waals surface area contributed by atoms with E-state index in [1.54, 1.807) is 0 Å². The fourth-order valence-electron chi connectivity index (χ4n) is 2.30. The fourth-order valence-corrected chi connectivity index (χ4v) is 2.30. The third-order valence-electron chi connectivity index (χ3n) is 3.24. The first kappa shape index (κ1) is 13.9. The molecule has 4 heteroatoms. The highest BCUT2D eigenvalue weighted by Gasteiger charge is 2.29. The number of morpholine rings is 1. The van der Waals surface area contributed by atoms with Crippen molar-refractivity contribution in [2.45, 2.75) is 32.9 Å². The van der Waals surface area contributed by atoms with Gasteiger partial charge in [-0.1, -0.05) is 29.8 Å². The Hall–Kier alpha value is -1.55. The quantitative estimate of drug-likeness (QED) is 0.888. The molecule has 0 aliphatic carbocycles. The number of aryl methyl sites for hydroxylation is 1. The molecule has 104 valence electrons. The zero-order valence-corrected chi connectivity index (χ0v) is 11.9. The molecule has 0 unspecified atom stereocenters. The molecule has 1 aromatic carbocycles. The Morgan fingerprint density at radius 3 is 2.95 bits per heavy atom. The number of rotatable bonds is 2. The normalized spacial score (nSPS) is 18.2. The van der Waals surface area contributed by atoms with Gasteiger partial charge in [-0.05, 0) is 26.3 Å². The highest BCUT2D eigenvalue weighted by atomic mass is 16.5.